The molecule has 4 aromatic carbocycles. The van der Waals surface area contributed by atoms with Gasteiger partial charge in [0, 0.05) is 19.5 Å². The van der Waals surface area contributed by atoms with Crippen LogP contribution in [0.2, 0.25) is 0 Å². The van der Waals surface area contributed by atoms with E-state index in [0.717, 1.165) is 49.1 Å². The van der Waals surface area contributed by atoms with E-state index in [9.17, 15) is 4.79 Å². The minimum absolute atomic E-state index is 0.0816. The molecule has 1 amide bonds. The van der Waals surface area contributed by atoms with Crippen molar-refractivity contribution in [2.24, 2.45) is 0 Å². The van der Waals surface area contributed by atoms with Crippen molar-refractivity contribution in [1.29, 1.82) is 0 Å². The third-order valence-electron chi connectivity index (χ3n) is 7.72. The SMILES string of the molecule is Cc1cc(C)c(Cn2c(CCCCCNC(=O)Cc3ccc(-c4ccccc4)cc3)nc3ccccc32)c(C)c1. The molecule has 5 aromatic rings. The monoisotopic (exact) mass is 529 g/mol. The van der Waals surface area contributed by atoms with Crippen LogP contribution in [-0.4, -0.2) is 22.0 Å². The summed E-state index contributed by atoms with van der Waals surface area (Å²) in [6, 6.07) is 31.6. The summed E-state index contributed by atoms with van der Waals surface area (Å²) in [6.45, 7) is 8.13. The second kappa shape index (κ2) is 12.8. The molecule has 1 aromatic heterocycles. The molecular weight excluding hydrogens is 490 g/mol. The number of hydrogen-bond acceptors (Lipinski definition) is 2. The first-order valence-corrected chi connectivity index (χ1v) is 14.4. The Bertz CT molecular complexity index is 1560. The van der Waals surface area contributed by atoms with Crippen LogP contribution in [0.4, 0.5) is 0 Å². The zero-order valence-corrected chi connectivity index (χ0v) is 23.9. The lowest BCUT2D eigenvalue weighted by molar-refractivity contribution is -0.120. The molecule has 0 aliphatic heterocycles. The molecule has 0 aliphatic rings. The fourth-order valence-corrected chi connectivity index (χ4v) is 5.62. The van der Waals surface area contributed by atoms with Crippen LogP contribution < -0.4 is 5.32 Å². The summed E-state index contributed by atoms with van der Waals surface area (Å²) in [4.78, 5) is 17.5. The average Bonchev–Trinajstić information content (AvgIpc) is 3.30. The van der Waals surface area contributed by atoms with Crippen LogP contribution in [0.25, 0.3) is 22.2 Å². The molecule has 0 fully saturated rings. The lowest BCUT2D eigenvalue weighted by Crippen LogP contribution is -2.26. The van der Waals surface area contributed by atoms with Crippen molar-refractivity contribution in [3.63, 3.8) is 0 Å². The maximum Gasteiger partial charge on any atom is 0.224 e. The maximum absolute atomic E-state index is 12.5. The van der Waals surface area contributed by atoms with E-state index in [0.29, 0.717) is 13.0 Å². The van der Waals surface area contributed by atoms with Gasteiger partial charge in [-0.05, 0) is 79.1 Å². The Morgan fingerprint density at radius 3 is 2.20 bits per heavy atom. The van der Waals surface area contributed by atoms with Gasteiger partial charge in [-0.25, -0.2) is 4.98 Å². The van der Waals surface area contributed by atoms with E-state index < -0.39 is 0 Å². The number of rotatable bonds is 11. The van der Waals surface area contributed by atoms with Crippen LogP contribution in [-0.2, 0) is 24.2 Å². The van der Waals surface area contributed by atoms with Gasteiger partial charge in [0.25, 0.3) is 0 Å². The van der Waals surface area contributed by atoms with Crippen molar-refractivity contribution < 1.29 is 4.79 Å². The number of fused-ring (bicyclic) bond motifs is 1. The van der Waals surface area contributed by atoms with Crippen molar-refractivity contribution in [3.8, 4) is 11.1 Å². The van der Waals surface area contributed by atoms with Gasteiger partial charge in [0.05, 0.1) is 17.5 Å². The molecule has 1 heterocycles. The minimum Gasteiger partial charge on any atom is -0.356 e. The molecule has 0 spiro atoms. The molecule has 0 bridgehead atoms. The number of carbonyl (C=O) groups excluding carboxylic acids is 1. The molecule has 4 nitrogen and oxygen atoms in total. The summed E-state index contributed by atoms with van der Waals surface area (Å²) in [5.74, 6) is 1.22. The van der Waals surface area contributed by atoms with Crippen LogP contribution in [0, 0.1) is 20.8 Å². The standard InChI is InChI=1S/C36H39N3O/c1-26-22-27(2)32(28(3)23-26)25-39-34-15-10-9-14-33(34)38-35(39)16-8-5-11-21-37-36(40)24-29-17-19-31(20-18-29)30-12-6-4-7-13-30/h4,6-7,9-10,12-15,17-20,22-23H,5,8,11,16,21,24-25H2,1-3H3,(H,37,40). The van der Waals surface area contributed by atoms with E-state index in [2.05, 4.69) is 91.3 Å². The van der Waals surface area contributed by atoms with Gasteiger partial charge >= 0.3 is 0 Å². The predicted molar refractivity (Wildman–Crippen MR) is 166 cm³/mol. The molecule has 5 rings (SSSR count). The second-order valence-electron chi connectivity index (χ2n) is 10.9. The highest BCUT2D eigenvalue weighted by Crippen LogP contribution is 2.24. The first kappa shape index (κ1) is 27.4. The van der Waals surface area contributed by atoms with Gasteiger partial charge in [0.1, 0.15) is 5.82 Å². The Labute approximate surface area is 238 Å². The van der Waals surface area contributed by atoms with E-state index in [1.807, 2.05) is 30.3 Å². The quantitative estimate of drug-likeness (QED) is 0.178. The number of aryl methyl sites for hydroxylation is 4. The fourth-order valence-electron chi connectivity index (χ4n) is 5.62. The Morgan fingerprint density at radius 2 is 1.45 bits per heavy atom. The van der Waals surface area contributed by atoms with Crippen LogP contribution in [0.1, 0.15) is 52.9 Å². The van der Waals surface area contributed by atoms with Crippen LogP contribution in [0.3, 0.4) is 0 Å². The number of imidazole rings is 1. The van der Waals surface area contributed by atoms with Crippen molar-refractivity contribution in [2.45, 2.75) is 59.4 Å². The largest absolute Gasteiger partial charge is 0.356 e. The van der Waals surface area contributed by atoms with Gasteiger partial charge in [0.2, 0.25) is 5.91 Å². The van der Waals surface area contributed by atoms with Crippen LogP contribution in [0.15, 0.2) is 91.0 Å². The van der Waals surface area contributed by atoms with Gasteiger partial charge in [-0.1, -0.05) is 90.8 Å². The van der Waals surface area contributed by atoms with Crippen molar-refractivity contribution in [2.75, 3.05) is 6.54 Å². The Kier molecular flexibility index (Phi) is 8.75. The van der Waals surface area contributed by atoms with Crippen molar-refractivity contribution in [3.05, 3.63) is 125 Å². The lowest BCUT2D eigenvalue weighted by atomic mass is 9.99. The topological polar surface area (TPSA) is 46.9 Å². The number of nitrogens with one attached hydrogen (secondary N) is 1. The fraction of sp³-hybridized carbons (Fsp3) is 0.278. The smallest absolute Gasteiger partial charge is 0.224 e. The maximum atomic E-state index is 12.5. The molecule has 0 unspecified atom stereocenters. The van der Waals surface area contributed by atoms with E-state index in [4.69, 9.17) is 4.98 Å². The number of hydrogen-bond donors (Lipinski definition) is 1. The summed E-state index contributed by atoms with van der Waals surface area (Å²) in [7, 11) is 0. The first-order chi connectivity index (χ1) is 19.5. The molecule has 204 valence electrons. The number of benzene rings is 4. The van der Waals surface area contributed by atoms with Gasteiger partial charge in [0.15, 0.2) is 0 Å². The van der Waals surface area contributed by atoms with Gasteiger partial charge < -0.3 is 9.88 Å². The normalized spacial score (nSPS) is 11.2. The lowest BCUT2D eigenvalue weighted by Gasteiger charge is -2.15. The first-order valence-electron chi connectivity index (χ1n) is 14.4. The van der Waals surface area contributed by atoms with Gasteiger partial charge in [-0.15, -0.1) is 0 Å². The zero-order valence-electron chi connectivity index (χ0n) is 23.9. The molecule has 40 heavy (non-hydrogen) atoms. The Morgan fingerprint density at radius 1 is 0.775 bits per heavy atom. The molecule has 0 saturated heterocycles. The molecule has 0 atom stereocenters. The molecule has 0 radical (unpaired) electrons. The highest BCUT2D eigenvalue weighted by Gasteiger charge is 2.13. The minimum atomic E-state index is 0.0816. The number of unbranched alkanes of at least 4 members (excludes halogenated alkanes) is 2. The summed E-state index contributed by atoms with van der Waals surface area (Å²) in [6.07, 6.45) is 4.41. The molecular formula is C36H39N3O. The number of amides is 1. The highest BCUT2D eigenvalue weighted by atomic mass is 16.1. The third-order valence-corrected chi connectivity index (χ3v) is 7.72. The average molecular weight is 530 g/mol. The van der Waals surface area contributed by atoms with E-state index >= 15 is 0 Å². The number of nitrogens with zero attached hydrogens (tertiary/aromatic N) is 2. The summed E-state index contributed by atoms with van der Waals surface area (Å²) in [5, 5.41) is 3.10. The zero-order chi connectivity index (χ0) is 27.9. The van der Waals surface area contributed by atoms with Gasteiger partial charge in [-0.3, -0.25) is 4.79 Å². The molecule has 0 aliphatic carbocycles. The predicted octanol–water partition coefficient (Wildman–Crippen LogP) is 7.75. The van der Waals surface area contributed by atoms with Gasteiger partial charge in [-0.2, -0.15) is 0 Å². The number of carbonyl (C=O) groups is 1. The van der Waals surface area contributed by atoms with Crippen molar-refractivity contribution >= 4 is 16.9 Å². The van der Waals surface area contributed by atoms with E-state index in [-0.39, 0.29) is 5.91 Å². The Hall–Kier alpha value is -4.18. The van der Waals surface area contributed by atoms with E-state index in [1.165, 1.54) is 38.9 Å². The Balaban J connectivity index is 1.11. The summed E-state index contributed by atoms with van der Waals surface area (Å²) >= 11 is 0. The van der Waals surface area contributed by atoms with E-state index in [1.54, 1.807) is 0 Å². The third kappa shape index (κ3) is 6.69. The molecule has 1 N–H and O–H groups in total. The van der Waals surface area contributed by atoms with Crippen molar-refractivity contribution in [1.82, 2.24) is 14.9 Å². The van der Waals surface area contributed by atoms with Crippen LogP contribution >= 0.6 is 0 Å². The highest BCUT2D eigenvalue weighted by molar-refractivity contribution is 5.79. The molecule has 4 heteroatoms. The number of aromatic nitrogens is 2. The summed E-state index contributed by atoms with van der Waals surface area (Å²) < 4.78 is 2.39. The molecule has 0 saturated carbocycles. The van der Waals surface area contributed by atoms with Crippen LogP contribution in [0.5, 0.6) is 0 Å². The second-order valence-corrected chi connectivity index (χ2v) is 10.9. The number of para-hydroxylation sites is 2. The summed E-state index contributed by atoms with van der Waals surface area (Å²) in [5.41, 5.74) is 11.0.